The Labute approximate surface area is 167 Å². The summed E-state index contributed by atoms with van der Waals surface area (Å²) in [6, 6.07) is 1.70. The molecule has 164 valence electrons. The third-order valence-corrected chi connectivity index (χ3v) is 4.27. The largest absolute Gasteiger partial charge is 0.423 e. The number of ether oxygens (including phenoxy) is 1. The van der Waals surface area contributed by atoms with Gasteiger partial charge < -0.3 is 19.2 Å². The molecule has 0 aliphatic carbocycles. The van der Waals surface area contributed by atoms with Crippen LogP contribution in [0.4, 0.5) is 0 Å². The van der Waals surface area contributed by atoms with Gasteiger partial charge in [-0.05, 0) is 6.42 Å². The Morgan fingerprint density at radius 3 is 2.45 bits per heavy atom. The Morgan fingerprint density at radius 1 is 1.07 bits per heavy atom. The molecule has 1 aliphatic rings. The molecule has 1 aliphatic heterocycles. The van der Waals surface area contributed by atoms with E-state index in [1.54, 1.807) is 0 Å². The minimum atomic E-state index is -0.981. The molecule has 0 spiro atoms. The summed E-state index contributed by atoms with van der Waals surface area (Å²) in [6.07, 6.45) is 2.48. The van der Waals surface area contributed by atoms with Gasteiger partial charge in [-0.3, -0.25) is 9.42 Å². The Morgan fingerprint density at radius 2 is 1.76 bits per heavy atom. The molecule has 1 aromatic heterocycles. The van der Waals surface area contributed by atoms with E-state index in [9.17, 15) is 19.5 Å². The number of aliphatic hydroxyl groups excluding tert-OH is 1. The zero-order chi connectivity index (χ0) is 21.1. The highest BCUT2D eigenvalue weighted by Gasteiger charge is 2.16. The highest BCUT2D eigenvalue weighted by atomic mass is 16.8. The van der Waals surface area contributed by atoms with Crippen LogP contribution in [0.25, 0.3) is 0 Å². The van der Waals surface area contributed by atoms with Crippen LogP contribution in [0, 0.1) is 0 Å². The van der Waals surface area contributed by atoms with Gasteiger partial charge in [0.2, 0.25) is 0 Å². The van der Waals surface area contributed by atoms with Gasteiger partial charge in [-0.15, -0.1) is 4.74 Å². The minimum Gasteiger partial charge on any atom is -0.388 e. The fourth-order valence-corrected chi connectivity index (χ4v) is 2.75. The number of nitrogens with zero attached hydrogens (tertiary/aromatic N) is 3. The Bertz CT molecular complexity index is 833. The number of hydrogen-bond donors (Lipinski definition) is 1. The molecule has 0 amide bonds. The van der Waals surface area contributed by atoms with Crippen molar-refractivity contribution >= 4 is 0 Å². The SMILES string of the molecule is CCCCCCn1oc(=O)ccc(=O)on(OCC(O)CN2CCOCC2)c1=O. The van der Waals surface area contributed by atoms with Crippen LogP contribution in [-0.4, -0.2) is 65.2 Å². The van der Waals surface area contributed by atoms with Crippen LogP contribution in [0.5, 0.6) is 0 Å². The second-order valence-electron chi connectivity index (χ2n) is 6.72. The van der Waals surface area contributed by atoms with Gasteiger partial charge >= 0.3 is 16.9 Å². The zero-order valence-corrected chi connectivity index (χ0v) is 16.7. The summed E-state index contributed by atoms with van der Waals surface area (Å²) in [6.45, 7) is 4.72. The molecule has 0 saturated carbocycles. The number of morpholine rings is 1. The number of aromatic nitrogens is 2. The van der Waals surface area contributed by atoms with Gasteiger partial charge in [0, 0.05) is 36.7 Å². The van der Waals surface area contributed by atoms with Gasteiger partial charge in [0.05, 0.1) is 19.8 Å². The maximum absolute atomic E-state index is 12.6. The number of β-amino-alcohol motifs (C(OH)–C–C–N with tert-alkyl or cyclic N) is 1. The van der Waals surface area contributed by atoms with Crippen LogP contribution in [0.2, 0.25) is 0 Å². The van der Waals surface area contributed by atoms with Gasteiger partial charge in [0.15, 0.2) is 0 Å². The van der Waals surface area contributed by atoms with Crippen molar-refractivity contribution in [2.45, 2.75) is 45.3 Å². The van der Waals surface area contributed by atoms with Gasteiger partial charge in [0.1, 0.15) is 12.7 Å². The van der Waals surface area contributed by atoms with E-state index >= 15 is 0 Å². The van der Waals surface area contributed by atoms with Crippen molar-refractivity contribution in [3.8, 4) is 0 Å². The van der Waals surface area contributed by atoms with E-state index in [0.29, 0.717) is 44.2 Å². The predicted octanol–water partition coefficient (Wildman–Crippen LogP) is -0.617. The summed E-state index contributed by atoms with van der Waals surface area (Å²) in [5.74, 6) is 0. The van der Waals surface area contributed by atoms with Crippen LogP contribution in [0.1, 0.15) is 32.6 Å². The lowest BCUT2D eigenvalue weighted by Crippen LogP contribution is -2.44. The highest BCUT2D eigenvalue weighted by Crippen LogP contribution is 2.00. The third kappa shape index (κ3) is 8.26. The van der Waals surface area contributed by atoms with Crippen molar-refractivity contribution in [1.82, 2.24) is 14.5 Å². The molecular weight excluding hydrogens is 386 g/mol. The van der Waals surface area contributed by atoms with Crippen molar-refractivity contribution in [2.75, 3.05) is 39.5 Å². The average Bonchev–Trinajstić information content (AvgIpc) is 2.76. The van der Waals surface area contributed by atoms with Crippen molar-refractivity contribution in [3.05, 3.63) is 43.5 Å². The van der Waals surface area contributed by atoms with Crippen LogP contribution < -0.4 is 21.8 Å². The summed E-state index contributed by atoms with van der Waals surface area (Å²) in [7, 11) is 0. The molecule has 1 N–H and O–H groups in total. The molecule has 29 heavy (non-hydrogen) atoms. The molecule has 11 heteroatoms. The van der Waals surface area contributed by atoms with E-state index in [1.807, 2.05) is 11.8 Å². The molecule has 1 saturated heterocycles. The molecule has 1 atom stereocenters. The van der Waals surface area contributed by atoms with Crippen LogP contribution >= 0.6 is 0 Å². The van der Waals surface area contributed by atoms with E-state index in [4.69, 9.17) is 18.6 Å². The molecule has 1 aromatic rings. The number of aliphatic hydroxyl groups is 1. The van der Waals surface area contributed by atoms with Crippen molar-refractivity contribution in [2.24, 2.45) is 0 Å². The molecular formula is C18H29N3O8. The molecule has 0 radical (unpaired) electrons. The van der Waals surface area contributed by atoms with Gasteiger partial charge in [-0.2, -0.15) is 0 Å². The molecule has 2 rings (SSSR count). The number of hydrogen-bond acceptors (Lipinski definition) is 9. The summed E-state index contributed by atoms with van der Waals surface area (Å²) in [4.78, 5) is 43.7. The monoisotopic (exact) mass is 415 g/mol. The smallest absolute Gasteiger partial charge is 0.388 e. The van der Waals surface area contributed by atoms with Crippen LogP contribution in [0.3, 0.4) is 0 Å². The molecule has 11 nitrogen and oxygen atoms in total. The van der Waals surface area contributed by atoms with E-state index in [1.165, 1.54) is 0 Å². The topological polar surface area (TPSA) is 129 Å². The molecule has 2 heterocycles. The standard InChI is InChI=1S/C18H29N3O8/c1-2-3-4-5-8-20-18(25)21(29-17(24)7-6-16(23)28-20)27-14-15(22)13-19-9-11-26-12-10-19/h6-7,15,22H,2-5,8-14H2,1H3. The summed E-state index contributed by atoms with van der Waals surface area (Å²) < 4.78 is 15.9. The van der Waals surface area contributed by atoms with Crippen LogP contribution in [-0.2, 0) is 11.3 Å². The lowest BCUT2D eigenvalue weighted by molar-refractivity contribution is -0.0879. The fraction of sp³-hybridized carbons (Fsp3) is 0.722. The zero-order valence-electron chi connectivity index (χ0n) is 16.7. The minimum absolute atomic E-state index is 0.117. The second kappa shape index (κ2) is 12.2. The molecule has 0 aromatic carbocycles. The fourth-order valence-electron chi connectivity index (χ4n) is 2.75. The first-order valence-corrected chi connectivity index (χ1v) is 9.84. The highest BCUT2D eigenvalue weighted by molar-refractivity contribution is 4.77. The first-order valence-electron chi connectivity index (χ1n) is 9.84. The number of aryl methyl sites for hydroxylation is 1. The molecule has 1 unspecified atom stereocenters. The maximum atomic E-state index is 12.6. The van der Waals surface area contributed by atoms with E-state index in [-0.39, 0.29) is 13.2 Å². The summed E-state index contributed by atoms with van der Waals surface area (Å²) in [5, 5.41) is 10.2. The number of rotatable bonds is 10. The van der Waals surface area contributed by atoms with E-state index < -0.39 is 23.0 Å². The van der Waals surface area contributed by atoms with Gasteiger partial charge in [-0.25, -0.2) is 14.4 Å². The quantitative estimate of drug-likeness (QED) is 0.497. The first-order chi connectivity index (χ1) is 14.0. The molecule has 1 fully saturated rings. The Hall–Kier alpha value is -2.37. The summed E-state index contributed by atoms with van der Waals surface area (Å²) in [5.41, 5.74) is -2.82. The van der Waals surface area contributed by atoms with Gasteiger partial charge in [0.25, 0.3) is 0 Å². The van der Waals surface area contributed by atoms with E-state index in [2.05, 4.69) is 0 Å². The maximum Gasteiger partial charge on any atom is 0.423 e. The van der Waals surface area contributed by atoms with Crippen molar-refractivity contribution in [1.29, 1.82) is 0 Å². The first kappa shape index (κ1) is 22.9. The Kier molecular flexibility index (Phi) is 9.68. The van der Waals surface area contributed by atoms with Crippen molar-refractivity contribution < 1.29 is 23.7 Å². The van der Waals surface area contributed by atoms with E-state index in [0.717, 1.165) is 36.1 Å². The molecule has 0 bridgehead atoms. The third-order valence-electron chi connectivity index (χ3n) is 4.27. The average molecular weight is 415 g/mol. The summed E-state index contributed by atoms with van der Waals surface area (Å²) >= 11 is 0. The lowest BCUT2D eigenvalue weighted by Gasteiger charge is -2.28. The normalized spacial score (nSPS) is 15.7. The lowest BCUT2D eigenvalue weighted by atomic mass is 10.2. The van der Waals surface area contributed by atoms with Gasteiger partial charge in [-0.1, -0.05) is 26.2 Å². The number of unbranched alkanes of at least 4 members (excludes halogenated alkanes) is 3. The second-order valence-corrected chi connectivity index (χ2v) is 6.72. The van der Waals surface area contributed by atoms with Crippen LogP contribution in [0.15, 0.2) is 35.6 Å². The predicted molar refractivity (Wildman–Crippen MR) is 102 cm³/mol. The van der Waals surface area contributed by atoms with Crippen molar-refractivity contribution in [3.63, 3.8) is 0 Å². The Balaban J connectivity index is 2.17.